The molecule has 1 aromatic heterocycles. The molecule has 25 heavy (non-hydrogen) atoms. The van der Waals surface area contributed by atoms with Crippen molar-refractivity contribution >= 4 is 10.8 Å². The molecule has 1 fully saturated rings. The molecule has 1 unspecified atom stereocenters. The van der Waals surface area contributed by atoms with Crippen LogP contribution in [-0.4, -0.2) is 17.1 Å². The second kappa shape index (κ2) is 7.20. The number of ether oxygens (including phenoxy) is 1. The van der Waals surface area contributed by atoms with Crippen LogP contribution < -0.4 is 16.0 Å². The van der Waals surface area contributed by atoms with E-state index in [2.05, 4.69) is 18.8 Å². The number of pyridine rings is 1. The summed E-state index contributed by atoms with van der Waals surface area (Å²) in [6.07, 6.45) is 8.48. The summed E-state index contributed by atoms with van der Waals surface area (Å²) in [5, 5.41) is 1.64. The Morgan fingerprint density at radius 2 is 2.04 bits per heavy atom. The molecular formula is C21H30N2O2. The highest BCUT2D eigenvalue weighted by atomic mass is 16.5. The third-order valence-corrected chi connectivity index (χ3v) is 6.22. The third kappa shape index (κ3) is 3.45. The zero-order valence-corrected chi connectivity index (χ0v) is 15.6. The molecule has 3 rings (SSSR count). The number of rotatable bonds is 5. The van der Waals surface area contributed by atoms with E-state index in [0.29, 0.717) is 0 Å². The Kier molecular flexibility index (Phi) is 5.19. The molecule has 1 aliphatic rings. The molecule has 1 saturated carbocycles. The summed E-state index contributed by atoms with van der Waals surface area (Å²) >= 11 is 0. The van der Waals surface area contributed by atoms with Gasteiger partial charge in [0, 0.05) is 17.6 Å². The number of aromatic nitrogens is 1. The Morgan fingerprint density at radius 1 is 1.32 bits per heavy atom. The van der Waals surface area contributed by atoms with Crippen LogP contribution in [0.25, 0.3) is 10.8 Å². The Hall–Kier alpha value is -1.81. The monoisotopic (exact) mass is 342 g/mol. The van der Waals surface area contributed by atoms with E-state index in [0.717, 1.165) is 60.6 Å². The molecule has 1 aliphatic carbocycles. The average molecular weight is 342 g/mol. The van der Waals surface area contributed by atoms with Gasteiger partial charge in [-0.3, -0.25) is 4.79 Å². The fourth-order valence-electron chi connectivity index (χ4n) is 4.33. The molecule has 3 N–H and O–H groups in total. The van der Waals surface area contributed by atoms with Gasteiger partial charge < -0.3 is 15.5 Å². The Balaban J connectivity index is 1.75. The smallest absolute Gasteiger partial charge is 0.255 e. The summed E-state index contributed by atoms with van der Waals surface area (Å²) in [6, 6.07) is 6.13. The van der Waals surface area contributed by atoms with E-state index in [1.807, 2.05) is 25.1 Å². The Morgan fingerprint density at radius 3 is 2.68 bits per heavy atom. The minimum atomic E-state index is -0.0499. The lowest BCUT2D eigenvalue weighted by Gasteiger charge is -2.43. The van der Waals surface area contributed by atoms with Crippen LogP contribution in [0.3, 0.4) is 0 Å². The van der Waals surface area contributed by atoms with Crippen LogP contribution in [0, 0.1) is 12.3 Å². The van der Waals surface area contributed by atoms with Crippen molar-refractivity contribution in [1.82, 2.24) is 4.98 Å². The minimum absolute atomic E-state index is 0.0499. The highest BCUT2D eigenvalue weighted by Gasteiger charge is 2.38. The predicted molar refractivity (Wildman–Crippen MR) is 103 cm³/mol. The van der Waals surface area contributed by atoms with Crippen molar-refractivity contribution in [2.45, 2.75) is 71.4 Å². The SMILES string of the molecule is CCC(N)C1(CC)CCC(Oc2cc3cc[nH]c(=O)c3cc2C)CC1. The molecule has 0 aliphatic heterocycles. The van der Waals surface area contributed by atoms with Gasteiger partial charge in [0.1, 0.15) is 5.75 Å². The first-order valence-electron chi connectivity index (χ1n) is 9.53. The van der Waals surface area contributed by atoms with Crippen molar-refractivity contribution in [2.75, 3.05) is 0 Å². The molecule has 136 valence electrons. The molecule has 4 heteroatoms. The zero-order chi connectivity index (χ0) is 18.0. The summed E-state index contributed by atoms with van der Waals surface area (Å²) in [6.45, 7) is 6.46. The molecule has 0 bridgehead atoms. The van der Waals surface area contributed by atoms with E-state index in [1.165, 1.54) is 0 Å². The lowest BCUT2D eigenvalue weighted by Crippen LogP contribution is -2.45. The Labute approximate surface area is 149 Å². The van der Waals surface area contributed by atoms with Crippen LogP contribution in [0.2, 0.25) is 0 Å². The standard InChI is InChI=1S/C21H30N2O2/c1-4-19(22)21(5-2)9-6-16(7-10-21)25-18-13-15-8-11-23-20(24)17(15)12-14(18)3/h8,11-13,16,19H,4-7,9-10,22H2,1-3H3,(H,23,24). The predicted octanol–water partition coefficient (Wildman–Crippen LogP) is 4.29. The van der Waals surface area contributed by atoms with Crippen LogP contribution in [0.5, 0.6) is 5.75 Å². The van der Waals surface area contributed by atoms with Gasteiger partial charge in [-0.05, 0) is 80.0 Å². The maximum atomic E-state index is 11.9. The van der Waals surface area contributed by atoms with Crippen molar-refractivity contribution in [2.24, 2.45) is 11.1 Å². The molecule has 4 nitrogen and oxygen atoms in total. The molecule has 0 amide bonds. The molecule has 0 spiro atoms. The van der Waals surface area contributed by atoms with E-state index in [1.54, 1.807) is 6.20 Å². The fourth-order valence-corrected chi connectivity index (χ4v) is 4.33. The average Bonchev–Trinajstić information content (AvgIpc) is 2.63. The lowest BCUT2D eigenvalue weighted by atomic mass is 9.66. The van der Waals surface area contributed by atoms with E-state index >= 15 is 0 Å². The van der Waals surface area contributed by atoms with Gasteiger partial charge >= 0.3 is 0 Å². The number of hydrogen-bond donors (Lipinski definition) is 2. The van der Waals surface area contributed by atoms with Crippen LogP contribution >= 0.6 is 0 Å². The van der Waals surface area contributed by atoms with Crippen LogP contribution in [0.4, 0.5) is 0 Å². The molecule has 0 radical (unpaired) electrons. The van der Waals surface area contributed by atoms with Gasteiger partial charge in [0.25, 0.3) is 5.56 Å². The van der Waals surface area contributed by atoms with E-state index in [9.17, 15) is 4.79 Å². The fraction of sp³-hybridized carbons (Fsp3) is 0.571. The minimum Gasteiger partial charge on any atom is -0.490 e. The first-order valence-corrected chi connectivity index (χ1v) is 9.53. The van der Waals surface area contributed by atoms with Gasteiger partial charge in [-0.15, -0.1) is 0 Å². The highest BCUT2D eigenvalue weighted by Crippen LogP contribution is 2.43. The van der Waals surface area contributed by atoms with Crippen molar-refractivity contribution in [3.8, 4) is 5.75 Å². The number of benzene rings is 1. The van der Waals surface area contributed by atoms with Crippen LogP contribution in [0.15, 0.2) is 29.2 Å². The quantitative estimate of drug-likeness (QED) is 0.851. The molecule has 1 aromatic carbocycles. The first-order chi connectivity index (χ1) is 12.0. The summed E-state index contributed by atoms with van der Waals surface area (Å²) in [5.74, 6) is 0.895. The maximum absolute atomic E-state index is 11.9. The topological polar surface area (TPSA) is 68.1 Å². The number of H-pyrrole nitrogens is 1. The van der Waals surface area contributed by atoms with Crippen LogP contribution in [0.1, 0.15) is 57.9 Å². The molecule has 1 heterocycles. The summed E-state index contributed by atoms with van der Waals surface area (Å²) in [7, 11) is 0. The van der Waals surface area contributed by atoms with Gasteiger partial charge in [0.15, 0.2) is 0 Å². The first kappa shape index (κ1) is 18.0. The third-order valence-electron chi connectivity index (χ3n) is 6.22. The normalized spacial score (nSPS) is 25.0. The molecular weight excluding hydrogens is 312 g/mol. The number of aryl methyl sites for hydroxylation is 1. The maximum Gasteiger partial charge on any atom is 0.255 e. The number of nitrogens with two attached hydrogens (primary N) is 1. The molecule has 2 aromatic rings. The lowest BCUT2D eigenvalue weighted by molar-refractivity contribution is 0.0565. The number of hydrogen-bond acceptors (Lipinski definition) is 3. The summed E-state index contributed by atoms with van der Waals surface area (Å²) in [5.41, 5.74) is 7.66. The number of aromatic amines is 1. The van der Waals surface area contributed by atoms with Crippen molar-refractivity contribution < 1.29 is 4.74 Å². The van der Waals surface area contributed by atoms with Crippen molar-refractivity contribution in [1.29, 1.82) is 0 Å². The van der Waals surface area contributed by atoms with Crippen molar-refractivity contribution in [3.63, 3.8) is 0 Å². The molecule has 0 saturated heterocycles. The number of nitrogens with one attached hydrogen (secondary N) is 1. The van der Waals surface area contributed by atoms with Gasteiger partial charge in [-0.1, -0.05) is 13.8 Å². The number of fused-ring (bicyclic) bond motifs is 1. The van der Waals surface area contributed by atoms with Gasteiger partial charge in [0.2, 0.25) is 0 Å². The highest BCUT2D eigenvalue weighted by molar-refractivity contribution is 5.83. The van der Waals surface area contributed by atoms with Gasteiger partial charge in [-0.2, -0.15) is 0 Å². The van der Waals surface area contributed by atoms with Gasteiger partial charge in [-0.25, -0.2) is 0 Å². The Bertz CT molecular complexity index is 788. The van der Waals surface area contributed by atoms with Gasteiger partial charge in [0.05, 0.1) is 6.10 Å². The van der Waals surface area contributed by atoms with Crippen LogP contribution in [-0.2, 0) is 0 Å². The summed E-state index contributed by atoms with van der Waals surface area (Å²) in [4.78, 5) is 14.6. The largest absolute Gasteiger partial charge is 0.490 e. The second-order valence-corrected chi connectivity index (χ2v) is 7.56. The second-order valence-electron chi connectivity index (χ2n) is 7.56. The molecule has 1 atom stereocenters. The van der Waals surface area contributed by atoms with E-state index in [4.69, 9.17) is 10.5 Å². The van der Waals surface area contributed by atoms with E-state index < -0.39 is 0 Å². The summed E-state index contributed by atoms with van der Waals surface area (Å²) < 4.78 is 6.33. The van der Waals surface area contributed by atoms with Crippen molar-refractivity contribution in [3.05, 3.63) is 40.3 Å². The zero-order valence-electron chi connectivity index (χ0n) is 15.6. The van der Waals surface area contributed by atoms with E-state index in [-0.39, 0.29) is 23.1 Å².